The average molecular weight is 182 g/mol. The van der Waals surface area contributed by atoms with Gasteiger partial charge in [0.05, 0.1) is 6.10 Å². The van der Waals surface area contributed by atoms with Crippen molar-refractivity contribution in [3.05, 3.63) is 0 Å². The summed E-state index contributed by atoms with van der Waals surface area (Å²) in [7, 11) is 0. The molecule has 0 unspecified atom stereocenters. The SMILES string of the molecule is O[C@@H]1CCC[C@H]1CCC(F)(F)F. The van der Waals surface area contributed by atoms with Gasteiger partial charge in [-0.05, 0) is 25.2 Å². The van der Waals surface area contributed by atoms with Crippen molar-refractivity contribution in [1.82, 2.24) is 0 Å². The van der Waals surface area contributed by atoms with Crippen LogP contribution in [0.5, 0.6) is 0 Å². The Morgan fingerprint density at radius 1 is 1.25 bits per heavy atom. The smallest absolute Gasteiger partial charge is 0.389 e. The van der Waals surface area contributed by atoms with E-state index >= 15 is 0 Å². The zero-order chi connectivity index (χ0) is 9.19. The van der Waals surface area contributed by atoms with Gasteiger partial charge in [0.15, 0.2) is 0 Å². The molecule has 12 heavy (non-hydrogen) atoms. The molecule has 0 aliphatic heterocycles. The molecular formula is C8H13F3O. The summed E-state index contributed by atoms with van der Waals surface area (Å²) in [4.78, 5) is 0. The van der Waals surface area contributed by atoms with Gasteiger partial charge >= 0.3 is 6.18 Å². The summed E-state index contributed by atoms with van der Waals surface area (Å²) in [6, 6.07) is 0. The Bertz CT molecular complexity index is 144. The minimum Gasteiger partial charge on any atom is -0.393 e. The van der Waals surface area contributed by atoms with Crippen molar-refractivity contribution in [3.63, 3.8) is 0 Å². The Morgan fingerprint density at radius 3 is 2.33 bits per heavy atom. The number of aliphatic hydroxyl groups is 1. The molecule has 0 radical (unpaired) electrons. The predicted molar refractivity (Wildman–Crippen MR) is 38.6 cm³/mol. The zero-order valence-electron chi connectivity index (χ0n) is 6.77. The highest BCUT2D eigenvalue weighted by atomic mass is 19.4. The molecule has 0 bridgehead atoms. The molecule has 1 rings (SSSR count). The fourth-order valence-corrected chi connectivity index (χ4v) is 1.70. The number of hydrogen-bond donors (Lipinski definition) is 1. The van der Waals surface area contributed by atoms with Crippen LogP contribution in [0.25, 0.3) is 0 Å². The number of hydrogen-bond acceptors (Lipinski definition) is 1. The molecule has 1 fully saturated rings. The summed E-state index contributed by atoms with van der Waals surface area (Å²) in [5.74, 6) is -0.119. The predicted octanol–water partition coefficient (Wildman–Crippen LogP) is 2.49. The molecule has 0 spiro atoms. The number of halogens is 3. The highest BCUT2D eigenvalue weighted by Crippen LogP contribution is 2.33. The van der Waals surface area contributed by atoms with E-state index in [9.17, 15) is 18.3 Å². The van der Waals surface area contributed by atoms with E-state index < -0.39 is 18.7 Å². The number of alkyl halides is 3. The summed E-state index contributed by atoms with van der Waals surface area (Å²) in [5.41, 5.74) is 0. The molecule has 1 N–H and O–H groups in total. The van der Waals surface area contributed by atoms with Crippen LogP contribution in [-0.4, -0.2) is 17.4 Å². The van der Waals surface area contributed by atoms with Gasteiger partial charge in [-0.1, -0.05) is 6.42 Å². The standard InChI is InChI=1S/C8H13F3O/c9-8(10,11)5-4-6-2-1-3-7(6)12/h6-7,12H,1-5H2/t6-,7+/m0/s1. The third kappa shape index (κ3) is 3.01. The second-order valence-electron chi connectivity index (χ2n) is 3.41. The van der Waals surface area contributed by atoms with Gasteiger partial charge in [0.2, 0.25) is 0 Å². The van der Waals surface area contributed by atoms with Crippen LogP contribution in [0, 0.1) is 5.92 Å². The summed E-state index contributed by atoms with van der Waals surface area (Å²) in [6.07, 6.45) is -2.95. The van der Waals surface area contributed by atoms with E-state index in [4.69, 9.17) is 0 Å². The van der Waals surface area contributed by atoms with Gasteiger partial charge in [-0.2, -0.15) is 13.2 Å². The highest BCUT2D eigenvalue weighted by Gasteiger charge is 2.32. The molecule has 1 nitrogen and oxygen atoms in total. The average Bonchev–Trinajstić information content (AvgIpc) is 2.29. The van der Waals surface area contributed by atoms with E-state index in [1.807, 2.05) is 0 Å². The Kier molecular flexibility index (Phi) is 2.99. The van der Waals surface area contributed by atoms with E-state index in [-0.39, 0.29) is 12.3 Å². The van der Waals surface area contributed by atoms with Gasteiger partial charge in [-0.25, -0.2) is 0 Å². The molecule has 1 saturated carbocycles. The molecule has 1 aliphatic rings. The first-order valence-electron chi connectivity index (χ1n) is 4.24. The van der Waals surface area contributed by atoms with Gasteiger partial charge < -0.3 is 5.11 Å². The Hall–Kier alpha value is -0.250. The van der Waals surface area contributed by atoms with Crippen molar-refractivity contribution in [3.8, 4) is 0 Å². The van der Waals surface area contributed by atoms with Crippen LogP contribution in [0.1, 0.15) is 32.1 Å². The molecular weight excluding hydrogens is 169 g/mol. The first-order chi connectivity index (χ1) is 5.49. The number of aliphatic hydroxyl groups excluding tert-OH is 1. The second-order valence-corrected chi connectivity index (χ2v) is 3.41. The zero-order valence-corrected chi connectivity index (χ0v) is 6.77. The molecule has 0 amide bonds. The van der Waals surface area contributed by atoms with Gasteiger partial charge in [-0.3, -0.25) is 0 Å². The van der Waals surface area contributed by atoms with Gasteiger partial charge in [0, 0.05) is 6.42 Å². The lowest BCUT2D eigenvalue weighted by atomic mass is 10.00. The van der Waals surface area contributed by atoms with Crippen molar-refractivity contribution in [2.75, 3.05) is 0 Å². The minimum atomic E-state index is -4.07. The maximum Gasteiger partial charge on any atom is 0.389 e. The minimum absolute atomic E-state index is 0.0880. The van der Waals surface area contributed by atoms with Crippen LogP contribution in [-0.2, 0) is 0 Å². The largest absolute Gasteiger partial charge is 0.393 e. The lowest BCUT2D eigenvalue weighted by molar-refractivity contribution is -0.138. The first-order valence-corrected chi connectivity index (χ1v) is 4.24. The molecule has 0 aromatic heterocycles. The van der Waals surface area contributed by atoms with Crippen molar-refractivity contribution >= 4 is 0 Å². The summed E-state index contributed by atoms with van der Waals surface area (Å²) >= 11 is 0. The van der Waals surface area contributed by atoms with Crippen molar-refractivity contribution in [2.45, 2.75) is 44.4 Å². The quantitative estimate of drug-likeness (QED) is 0.695. The van der Waals surface area contributed by atoms with E-state index in [0.717, 1.165) is 12.8 Å². The highest BCUT2D eigenvalue weighted by molar-refractivity contribution is 4.77. The Morgan fingerprint density at radius 2 is 1.92 bits per heavy atom. The normalized spacial score (nSPS) is 31.0. The fraction of sp³-hybridized carbons (Fsp3) is 1.00. The maximum atomic E-state index is 11.8. The summed E-state index contributed by atoms with van der Waals surface area (Å²) < 4.78 is 35.3. The van der Waals surface area contributed by atoms with E-state index in [1.54, 1.807) is 0 Å². The van der Waals surface area contributed by atoms with Crippen LogP contribution in [0.15, 0.2) is 0 Å². The van der Waals surface area contributed by atoms with Crippen LogP contribution in [0.2, 0.25) is 0 Å². The van der Waals surface area contributed by atoms with Gasteiger partial charge in [0.25, 0.3) is 0 Å². The van der Waals surface area contributed by atoms with E-state index in [0.29, 0.717) is 6.42 Å². The lowest BCUT2D eigenvalue weighted by Crippen LogP contribution is -2.17. The van der Waals surface area contributed by atoms with Crippen molar-refractivity contribution in [1.29, 1.82) is 0 Å². The Labute approximate surface area is 69.6 Å². The van der Waals surface area contributed by atoms with E-state index in [1.165, 1.54) is 0 Å². The molecule has 1 aliphatic carbocycles. The topological polar surface area (TPSA) is 20.2 Å². The van der Waals surface area contributed by atoms with Crippen LogP contribution >= 0.6 is 0 Å². The van der Waals surface area contributed by atoms with Crippen molar-refractivity contribution in [2.24, 2.45) is 5.92 Å². The fourth-order valence-electron chi connectivity index (χ4n) is 1.70. The van der Waals surface area contributed by atoms with Crippen molar-refractivity contribution < 1.29 is 18.3 Å². The molecule has 4 heteroatoms. The second kappa shape index (κ2) is 3.64. The van der Waals surface area contributed by atoms with Crippen LogP contribution in [0.4, 0.5) is 13.2 Å². The molecule has 72 valence electrons. The maximum absolute atomic E-state index is 11.8. The molecule has 0 heterocycles. The molecule has 0 aromatic rings. The summed E-state index contributed by atoms with van der Waals surface area (Å²) in [6.45, 7) is 0. The molecule has 0 saturated heterocycles. The molecule has 0 aromatic carbocycles. The first kappa shape index (κ1) is 9.84. The van der Waals surface area contributed by atoms with Crippen LogP contribution < -0.4 is 0 Å². The monoisotopic (exact) mass is 182 g/mol. The summed E-state index contributed by atoms with van der Waals surface area (Å²) in [5, 5.41) is 9.22. The Balaban J connectivity index is 2.23. The van der Waals surface area contributed by atoms with Crippen LogP contribution in [0.3, 0.4) is 0 Å². The van der Waals surface area contributed by atoms with Gasteiger partial charge in [0.1, 0.15) is 0 Å². The number of rotatable bonds is 2. The molecule has 2 atom stereocenters. The van der Waals surface area contributed by atoms with E-state index in [2.05, 4.69) is 0 Å². The third-order valence-electron chi connectivity index (χ3n) is 2.42. The van der Waals surface area contributed by atoms with Gasteiger partial charge in [-0.15, -0.1) is 0 Å². The third-order valence-corrected chi connectivity index (χ3v) is 2.42. The lowest BCUT2D eigenvalue weighted by Gasteiger charge is -2.14.